The zero-order valence-electron chi connectivity index (χ0n) is 31.7. The van der Waals surface area contributed by atoms with Gasteiger partial charge in [-0.25, -0.2) is 4.79 Å². The molecule has 2 aliphatic heterocycles. The molecule has 7 rings (SSSR count). The molecule has 21 nitrogen and oxygen atoms in total. The number of hydrogen-bond donors (Lipinski definition) is 12. The molecule has 2 aliphatic carbocycles. The molecular formula is C39H41NO20. The molecule has 3 aromatic rings. The SMILES string of the molecule is COc1cc(O)c2c(c1)C(=O)c1c(cc3c(c1O)-c1c(cc(C)c(C(=O)N[C@H](CO)C(=O)O)c1O)[C@H](O[C@@H]1O[C@H](C)[C@H](O)[C@H](O[C@@H]4OC[C@@H](O)[C@H](O)[C@H]4O)[C@H]1O)[C@H]3O)C2=O. The van der Waals surface area contributed by atoms with Gasteiger partial charge in [0.25, 0.3) is 5.91 Å². The van der Waals surface area contributed by atoms with Crippen LogP contribution in [0.4, 0.5) is 0 Å². The van der Waals surface area contributed by atoms with Crippen molar-refractivity contribution in [1.82, 2.24) is 5.32 Å². The van der Waals surface area contributed by atoms with E-state index < -0.39 is 161 Å². The number of aliphatic hydroxyl groups is 7. The fourth-order valence-electron chi connectivity index (χ4n) is 7.97. The van der Waals surface area contributed by atoms with Crippen LogP contribution >= 0.6 is 0 Å². The summed E-state index contributed by atoms with van der Waals surface area (Å²) < 4.78 is 28.0. The molecule has 2 saturated heterocycles. The number of phenolic OH excluding ortho intramolecular Hbond substituents is 3. The number of hydrogen-bond acceptors (Lipinski definition) is 19. The van der Waals surface area contributed by atoms with Gasteiger partial charge in [-0.05, 0) is 42.7 Å². The molecule has 2 fully saturated rings. The van der Waals surface area contributed by atoms with Gasteiger partial charge >= 0.3 is 5.97 Å². The van der Waals surface area contributed by atoms with Crippen LogP contribution in [-0.4, -0.2) is 161 Å². The molecule has 21 heteroatoms. The van der Waals surface area contributed by atoms with E-state index in [1.807, 2.05) is 0 Å². The third-order valence-electron chi connectivity index (χ3n) is 11.1. The van der Waals surface area contributed by atoms with Gasteiger partial charge in [0.2, 0.25) is 0 Å². The van der Waals surface area contributed by atoms with Crippen molar-refractivity contribution in [3.05, 3.63) is 68.8 Å². The molecular weight excluding hydrogens is 802 g/mol. The number of benzene rings is 3. The second-order valence-electron chi connectivity index (χ2n) is 14.8. The van der Waals surface area contributed by atoms with Crippen LogP contribution < -0.4 is 10.1 Å². The Kier molecular flexibility index (Phi) is 11.4. The van der Waals surface area contributed by atoms with E-state index in [9.17, 15) is 75.3 Å². The van der Waals surface area contributed by atoms with Crippen molar-refractivity contribution < 1.29 is 99.0 Å². The van der Waals surface area contributed by atoms with E-state index in [-0.39, 0.29) is 28.0 Å². The van der Waals surface area contributed by atoms with Gasteiger partial charge < -0.3 is 85.2 Å². The standard InChI is InChI=1S/C39H41NO20/c1-10-4-16-23(30(49)20(10)36(53)40-17(8-41)37(54)55)22-14(7-15-24(31(22)50)27(46)13-5-12(56-3)6-18(42)21(13)26(15)45)28(47)34(16)59-39-33(52)35(25(44)11(2)58-39)60-38-32(51)29(48)19(43)9-57-38/h4-7,11,17,19,25,28-29,32-35,38-39,41-44,47-52H,8-9H2,1-3H3,(H,40,53)(H,54,55)/t11-,17-,19-,25+,28+,29+,32-,33-,34+,35+,38+,39+/m1/s1. The number of carbonyl (C=O) groups is 4. The van der Waals surface area contributed by atoms with Crippen LogP contribution in [0.3, 0.4) is 0 Å². The topological polar surface area (TPSA) is 349 Å². The first-order valence-electron chi connectivity index (χ1n) is 18.4. The Balaban J connectivity index is 1.37. The Morgan fingerprint density at radius 2 is 1.47 bits per heavy atom. The monoisotopic (exact) mass is 843 g/mol. The Bertz CT molecular complexity index is 2280. The van der Waals surface area contributed by atoms with Crippen molar-refractivity contribution in [2.24, 2.45) is 0 Å². The molecule has 4 aliphatic rings. The fourth-order valence-corrected chi connectivity index (χ4v) is 7.97. The highest BCUT2D eigenvalue weighted by atomic mass is 16.7. The lowest BCUT2D eigenvalue weighted by Crippen LogP contribution is -2.62. The maximum atomic E-state index is 14.1. The summed E-state index contributed by atoms with van der Waals surface area (Å²) in [4.78, 5) is 53.3. The fraction of sp³-hybridized carbons (Fsp3) is 0.436. The second-order valence-corrected chi connectivity index (χ2v) is 14.8. The van der Waals surface area contributed by atoms with E-state index in [0.717, 1.165) is 18.2 Å². The van der Waals surface area contributed by atoms with E-state index in [0.29, 0.717) is 0 Å². The Hall–Kier alpha value is -5.30. The smallest absolute Gasteiger partial charge is 0.328 e. The molecule has 3 aromatic carbocycles. The number of ether oxygens (including phenoxy) is 5. The van der Waals surface area contributed by atoms with Crippen LogP contribution in [0.15, 0.2) is 24.3 Å². The van der Waals surface area contributed by atoms with Gasteiger partial charge in [0.15, 0.2) is 30.2 Å². The number of amides is 1. The molecule has 2 heterocycles. The Labute approximate surface area is 338 Å². The highest BCUT2D eigenvalue weighted by Crippen LogP contribution is 2.57. The summed E-state index contributed by atoms with van der Waals surface area (Å²) in [5.74, 6) is -7.35. The molecule has 0 saturated carbocycles. The summed E-state index contributed by atoms with van der Waals surface area (Å²) in [7, 11) is 1.24. The molecule has 0 aromatic heterocycles. The minimum atomic E-state index is -1.98. The number of methoxy groups -OCH3 is 1. The number of aromatic hydroxyl groups is 3. The number of carboxylic acids is 1. The second kappa shape index (κ2) is 15.9. The van der Waals surface area contributed by atoms with Crippen molar-refractivity contribution in [1.29, 1.82) is 0 Å². The van der Waals surface area contributed by atoms with Crippen molar-refractivity contribution in [2.75, 3.05) is 20.3 Å². The minimum absolute atomic E-state index is 0.0131. The van der Waals surface area contributed by atoms with Gasteiger partial charge in [0.05, 0.1) is 43.1 Å². The van der Waals surface area contributed by atoms with E-state index >= 15 is 0 Å². The van der Waals surface area contributed by atoms with Crippen molar-refractivity contribution in [2.45, 2.75) is 87.4 Å². The normalized spacial score (nSPS) is 30.1. The molecule has 12 N–H and O–H groups in total. The highest BCUT2D eigenvalue weighted by molar-refractivity contribution is 6.31. The number of aliphatic carboxylic acids is 1. The van der Waals surface area contributed by atoms with Gasteiger partial charge in [-0.3, -0.25) is 14.4 Å². The average molecular weight is 844 g/mol. The number of phenols is 3. The van der Waals surface area contributed by atoms with Gasteiger partial charge in [0, 0.05) is 28.3 Å². The largest absolute Gasteiger partial charge is 0.507 e. The van der Waals surface area contributed by atoms with E-state index in [1.165, 1.54) is 27.0 Å². The minimum Gasteiger partial charge on any atom is -0.507 e. The van der Waals surface area contributed by atoms with E-state index in [1.54, 1.807) is 0 Å². The number of aryl methyl sites for hydroxylation is 1. The first-order valence-corrected chi connectivity index (χ1v) is 18.4. The van der Waals surface area contributed by atoms with Crippen molar-refractivity contribution in [3.63, 3.8) is 0 Å². The highest BCUT2D eigenvalue weighted by Gasteiger charge is 2.51. The zero-order chi connectivity index (χ0) is 43.8. The lowest BCUT2D eigenvalue weighted by atomic mass is 9.74. The van der Waals surface area contributed by atoms with Crippen LogP contribution in [-0.2, 0) is 23.7 Å². The Morgan fingerprint density at radius 3 is 2.12 bits per heavy atom. The number of rotatable bonds is 9. The van der Waals surface area contributed by atoms with Crippen LogP contribution in [0.5, 0.6) is 23.0 Å². The van der Waals surface area contributed by atoms with Crippen molar-refractivity contribution in [3.8, 4) is 34.1 Å². The van der Waals surface area contributed by atoms with Crippen LogP contribution in [0.2, 0.25) is 0 Å². The molecule has 60 heavy (non-hydrogen) atoms. The number of nitrogens with one attached hydrogen (secondary N) is 1. The van der Waals surface area contributed by atoms with Crippen LogP contribution in [0, 0.1) is 6.92 Å². The first-order chi connectivity index (χ1) is 28.3. The molecule has 1 amide bonds. The first kappa shape index (κ1) is 42.8. The molecule has 0 unspecified atom stereocenters. The van der Waals surface area contributed by atoms with Gasteiger partial charge in [0.1, 0.15) is 71.8 Å². The lowest BCUT2D eigenvalue weighted by Gasteiger charge is -2.45. The molecule has 0 spiro atoms. The quantitative estimate of drug-likeness (QED) is 0.0878. The van der Waals surface area contributed by atoms with Crippen LogP contribution in [0.1, 0.15) is 78.0 Å². The predicted octanol–water partition coefficient (Wildman–Crippen LogP) is -1.87. The van der Waals surface area contributed by atoms with Gasteiger partial charge in [-0.1, -0.05) is 6.07 Å². The lowest BCUT2D eigenvalue weighted by molar-refractivity contribution is -0.353. The summed E-state index contributed by atoms with van der Waals surface area (Å²) in [5.41, 5.74) is -4.12. The number of fused-ring (bicyclic) bond motifs is 5. The summed E-state index contributed by atoms with van der Waals surface area (Å²) in [5, 5.41) is 121. The summed E-state index contributed by atoms with van der Waals surface area (Å²) in [6, 6.07) is 2.62. The van der Waals surface area contributed by atoms with Gasteiger partial charge in [-0.15, -0.1) is 0 Å². The maximum Gasteiger partial charge on any atom is 0.328 e. The third-order valence-corrected chi connectivity index (χ3v) is 11.1. The molecule has 322 valence electrons. The van der Waals surface area contributed by atoms with Crippen molar-refractivity contribution >= 4 is 23.4 Å². The van der Waals surface area contributed by atoms with Crippen LogP contribution in [0.25, 0.3) is 11.1 Å². The predicted molar refractivity (Wildman–Crippen MR) is 195 cm³/mol. The zero-order valence-corrected chi connectivity index (χ0v) is 31.7. The number of carboxylic acid groups (broad SMARTS) is 1. The molecule has 12 atom stereocenters. The number of aliphatic hydroxyl groups excluding tert-OH is 7. The molecule has 0 bridgehead atoms. The number of ketones is 2. The maximum absolute atomic E-state index is 14.1. The summed E-state index contributed by atoms with van der Waals surface area (Å²) in [6.07, 6.45) is -18.8. The Morgan fingerprint density at radius 1 is 0.817 bits per heavy atom. The molecule has 0 radical (unpaired) electrons. The van der Waals surface area contributed by atoms with E-state index in [2.05, 4.69) is 5.32 Å². The summed E-state index contributed by atoms with van der Waals surface area (Å²) >= 11 is 0. The number of carbonyl (C=O) groups excluding carboxylic acids is 3. The van der Waals surface area contributed by atoms with Gasteiger partial charge in [-0.2, -0.15) is 0 Å². The summed E-state index contributed by atoms with van der Waals surface area (Å²) in [6.45, 7) is 1.14. The third kappa shape index (κ3) is 6.82. The van der Waals surface area contributed by atoms with E-state index in [4.69, 9.17) is 23.7 Å². The average Bonchev–Trinajstić information content (AvgIpc) is 3.20.